The lowest BCUT2D eigenvalue weighted by Gasteiger charge is -2.29. The molecule has 2 aromatic heterocycles. The van der Waals surface area contributed by atoms with Gasteiger partial charge in [-0.15, -0.1) is 0 Å². The normalized spacial score (nSPS) is 18.7. The molecule has 226 valence electrons. The average Bonchev–Trinajstić information content (AvgIpc) is 3.37. The van der Waals surface area contributed by atoms with Crippen LogP contribution >= 0.6 is 11.6 Å². The molecule has 2 unspecified atom stereocenters. The standard InChI is InChI=1S/C31H36ClN7O4/c1-19(21-5-8-33-27(16-21)38-9-13-43-14-10-38)35-29(40)20(2)39-18-23-4-3-22(15-25(23)30(39)41)28-26(32)17-34-31(37-28)36-24-6-11-42-12-7-24/h3-5,8,15-17,19-20,24H,6-7,9-14,18H2,1-2H3,(H,35,40)(H,34,36,37). The van der Waals surface area contributed by atoms with Crippen LogP contribution in [0.1, 0.15) is 54.2 Å². The Hall–Kier alpha value is -3.80. The second-order valence-electron chi connectivity index (χ2n) is 11.2. The highest BCUT2D eigenvalue weighted by molar-refractivity contribution is 6.33. The van der Waals surface area contributed by atoms with Gasteiger partial charge in [0.2, 0.25) is 11.9 Å². The van der Waals surface area contributed by atoms with E-state index in [2.05, 4.69) is 30.5 Å². The third-order valence-electron chi connectivity index (χ3n) is 8.32. The first-order valence-corrected chi connectivity index (χ1v) is 15.2. The Bertz CT molecular complexity index is 1490. The van der Waals surface area contributed by atoms with Crippen molar-refractivity contribution in [2.45, 2.75) is 51.4 Å². The van der Waals surface area contributed by atoms with Crippen molar-refractivity contribution in [1.82, 2.24) is 25.2 Å². The van der Waals surface area contributed by atoms with E-state index in [1.165, 1.54) is 0 Å². The number of pyridine rings is 1. The minimum absolute atomic E-state index is 0.198. The van der Waals surface area contributed by atoms with Crippen molar-refractivity contribution in [2.75, 3.05) is 49.7 Å². The lowest BCUT2D eigenvalue weighted by molar-refractivity contribution is -0.125. The number of benzene rings is 1. The Kier molecular flexibility index (Phi) is 8.73. The van der Waals surface area contributed by atoms with Gasteiger partial charge in [-0.25, -0.2) is 15.0 Å². The molecule has 2 atom stereocenters. The number of rotatable bonds is 8. The maximum atomic E-state index is 13.5. The van der Waals surface area contributed by atoms with E-state index >= 15 is 0 Å². The van der Waals surface area contributed by atoms with E-state index in [0.717, 1.165) is 48.4 Å². The third kappa shape index (κ3) is 6.43. The second kappa shape index (κ2) is 12.8. The maximum Gasteiger partial charge on any atom is 0.255 e. The largest absolute Gasteiger partial charge is 0.381 e. The van der Waals surface area contributed by atoms with Crippen molar-refractivity contribution in [2.24, 2.45) is 0 Å². The van der Waals surface area contributed by atoms with E-state index in [0.29, 0.717) is 55.2 Å². The molecule has 2 N–H and O–H groups in total. The van der Waals surface area contributed by atoms with Crippen LogP contribution in [0.2, 0.25) is 5.02 Å². The van der Waals surface area contributed by atoms with E-state index < -0.39 is 6.04 Å². The van der Waals surface area contributed by atoms with Crippen LogP contribution in [0.25, 0.3) is 11.3 Å². The molecule has 0 spiro atoms. The van der Waals surface area contributed by atoms with Gasteiger partial charge in [-0.05, 0) is 56.0 Å². The molecular formula is C31H36ClN7O4. The van der Waals surface area contributed by atoms with Crippen molar-refractivity contribution in [1.29, 1.82) is 0 Å². The molecule has 0 bridgehead atoms. The van der Waals surface area contributed by atoms with Gasteiger partial charge in [0.15, 0.2) is 0 Å². The smallest absolute Gasteiger partial charge is 0.255 e. The number of halogens is 1. The summed E-state index contributed by atoms with van der Waals surface area (Å²) < 4.78 is 10.9. The van der Waals surface area contributed by atoms with Gasteiger partial charge in [0.05, 0.1) is 36.2 Å². The fraction of sp³-hybridized carbons (Fsp3) is 0.452. The molecule has 5 heterocycles. The highest BCUT2D eigenvalue weighted by Gasteiger charge is 2.35. The van der Waals surface area contributed by atoms with Crippen LogP contribution in [-0.4, -0.2) is 83.3 Å². The number of nitrogens with one attached hydrogen (secondary N) is 2. The molecule has 0 aliphatic carbocycles. The predicted octanol–water partition coefficient (Wildman–Crippen LogP) is 3.84. The van der Waals surface area contributed by atoms with Crippen LogP contribution < -0.4 is 15.5 Å². The summed E-state index contributed by atoms with van der Waals surface area (Å²) in [7, 11) is 0. The van der Waals surface area contributed by atoms with E-state index in [9.17, 15) is 9.59 Å². The van der Waals surface area contributed by atoms with E-state index in [4.69, 9.17) is 21.1 Å². The van der Waals surface area contributed by atoms with Gasteiger partial charge < -0.3 is 29.9 Å². The first-order chi connectivity index (χ1) is 20.9. The zero-order valence-corrected chi connectivity index (χ0v) is 25.1. The number of amides is 2. The van der Waals surface area contributed by atoms with Crippen LogP contribution in [-0.2, 0) is 20.8 Å². The van der Waals surface area contributed by atoms with E-state index in [1.54, 1.807) is 24.2 Å². The first kappa shape index (κ1) is 29.3. The summed E-state index contributed by atoms with van der Waals surface area (Å²) in [5, 5.41) is 6.85. The summed E-state index contributed by atoms with van der Waals surface area (Å²) in [5.74, 6) is 0.939. The Balaban J connectivity index is 1.13. The Morgan fingerprint density at radius 2 is 1.81 bits per heavy atom. The molecule has 2 fully saturated rings. The molecule has 0 saturated carbocycles. The highest BCUT2D eigenvalue weighted by atomic mass is 35.5. The molecule has 3 aliphatic rings. The molecule has 3 aliphatic heterocycles. The maximum absolute atomic E-state index is 13.5. The van der Waals surface area contributed by atoms with E-state index in [1.807, 2.05) is 37.3 Å². The molecule has 3 aromatic rings. The lowest BCUT2D eigenvalue weighted by Crippen LogP contribution is -2.45. The molecule has 6 rings (SSSR count). The minimum atomic E-state index is -0.663. The van der Waals surface area contributed by atoms with Crippen LogP contribution in [0, 0.1) is 0 Å². The highest BCUT2D eigenvalue weighted by Crippen LogP contribution is 2.32. The van der Waals surface area contributed by atoms with Crippen molar-refractivity contribution in [3.05, 3.63) is 64.4 Å². The number of fused-ring (bicyclic) bond motifs is 1. The summed E-state index contributed by atoms with van der Waals surface area (Å²) in [4.78, 5) is 44.2. The Morgan fingerprint density at radius 3 is 2.60 bits per heavy atom. The third-order valence-corrected chi connectivity index (χ3v) is 8.60. The van der Waals surface area contributed by atoms with Gasteiger partial charge in [0, 0.05) is 56.2 Å². The molecule has 11 nitrogen and oxygen atoms in total. The molecule has 2 amide bonds. The summed E-state index contributed by atoms with van der Waals surface area (Å²) >= 11 is 6.50. The van der Waals surface area contributed by atoms with Gasteiger partial charge in [-0.3, -0.25) is 9.59 Å². The average molecular weight is 606 g/mol. The van der Waals surface area contributed by atoms with Gasteiger partial charge in [-0.2, -0.15) is 0 Å². The summed E-state index contributed by atoms with van der Waals surface area (Å²) in [6.07, 6.45) is 5.10. The zero-order valence-electron chi connectivity index (χ0n) is 24.4. The van der Waals surface area contributed by atoms with E-state index in [-0.39, 0.29) is 23.9 Å². The number of aromatic nitrogens is 3. The van der Waals surface area contributed by atoms with Gasteiger partial charge in [-0.1, -0.05) is 23.7 Å². The number of hydrogen-bond acceptors (Lipinski definition) is 9. The van der Waals surface area contributed by atoms with Crippen LogP contribution in [0.3, 0.4) is 0 Å². The molecule has 12 heteroatoms. The van der Waals surface area contributed by atoms with Crippen molar-refractivity contribution >= 4 is 35.2 Å². The summed E-state index contributed by atoms with van der Waals surface area (Å²) in [6, 6.07) is 8.84. The van der Waals surface area contributed by atoms with Crippen molar-refractivity contribution in [3.63, 3.8) is 0 Å². The van der Waals surface area contributed by atoms with Gasteiger partial charge >= 0.3 is 0 Å². The van der Waals surface area contributed by atoms with Gasteiger partial charge in [0.1, 0.15) is 11.9 Å². The lowest BCUT2D eigenvalue weighted by atomic mass is 10.0. The van der Waals surface area contributed by atoms with Crippen LogP contribution in [0.15, 0.2) is 42.7 Å². The molecular weight excluding hydrogens is 570 g/mol. The molecule has 1 aromatic carbocycles. The molecule has 0 radical (unpaired) electrons. The SMILES string of the molecule is CC(NC(=O)C(C)N1Cc2ccc(-c3nc(NC4CCOCC4)ncc3Cl)cc2C1=O)c1ccnc(N2CCOCC2)c1. The quantitative estimate of drug-likeness (QED) is 0.394. The summed E-state index contributed by atoms with van der Waals surface area (Å²) in [6.45, 7) is 8.36. The topological polar surface area (TPSA) is 122 Å². The summed E-state index contributed by atoms with van der Waals surface area (Å²) in [5.41, 5.74) is 3.62. The fourth-order valence-corrected chi connectivity index (χ4v) is 5.88. The number of hydrogen-bond donors (Lipinski definition) is 2. The first-order valence-electron chi connectivity index (χ1n) is 14.8. The molecule has 2 saturated heterocycles. The Labute approximate surface area is 255 Å². The predicted molar refractivity (Wildman–Crippen MR) is 163 cm³/mol. The van der Waals surface area contributed by atoms with Crippen molar-refractivity contribution in [3.8, 4) is 11.3 Å². The van der Waals surface area contributed by atoms with Crippen molar-refractivity contribution < 1.29 is 19.1 Å². The number of carbonyl (C=O) groups excluding carboxylic acids is 2. The van der Waals surface area contributed by atoms with Crippen LogP contribution in [0.5, 0.6) is 0 Å². The van der Waals surface area contributed by atoms with Gasteiger partial charge in [0.25, 0.3) is 5.91 Å². The zero-order chi connectivity index (χ0) is 29.9. The number of anilines is 2. The number of ether oxygens (including phenoxy) is 2. The van der Waals surface area contributed by atoms with Crippen LogP contribution in [0.4, 0.5) is 11.8 Å². The number of morpholine rings is 1. The Morgan fingerprint density at radius 1 is 1.05 bits per heavy atom. The monoisotopic (exact) mass is 605 g/mol. The minimum Gasteiger partial charge on any atom is -0.381 e. The fourth-order valence-electron chi connectivity index (χ4n) is 5.67. The second-order valence-corrected chi connectivity index (χ2v) is 11.6. The molecule has 43 heavy (non-hydrogen) atoms. The number of carbonyl (C=O) groups is 2. The number of nitrogens with zero attached hydrogens (tertiary/aromatic N) is 5.